The van der Waals surface area contributed by atoms with Gasteiger partial charge in [-0.2, -0.15) is 0 Å². The van der Waals surface area contributed by atoms with Gasteiger partial charge in [0.15, 0.2) is 0 Å². The van der Waals surface area contributed by atoms with E-state index in [0.717, 1.165) is 36.1 Å². The van der Waals surface area contributed by atoms with E-state index in [1.54, 1.807) is 28.0 Å². The molecule has 0 spiro atoms. The zero-order valence-corrected chi connectivity index (χ0v) is 16.1. The van der Waals surface area contributed by atoms with E-state index >= 15 is 0 Å². The Labute approximate surface area is 168 Å². The Morgan fingerprint density at radius 3 is 2.52 bits per heavy atom. The van der Waals surface area contributed by atoms with Crippen LogP contribution in [0.4, 0.5) is 5.69 Å². The summed E-state index contributed by atoms with van der Waals surface area (Å²) in [6, 6.07) is 11.2. The number of aryl methyl sites for hydroxylation is 2. The molecule has 0 saturated carbocycles. The quantitative estimate of drug-likeness (QED) is 0.874. The second-order valence-corrected chi connectivity index (χ2v) is 8.19. The van der Waals surface area contributed by atoms with E-state index in [2.05, 4.69) is 12.1 Å². The molecule has 1 aliphatic carbocycles. The average Bonchev–Trinajstić information content (AvgIpc) is 3.43. The summed E-state index contributed by atoms with van der Waals surface area (Å²) in [4.78, 5) is 40.4. The Balaban J connectivity index is 1.30. The molecule has 29 heavy (non-hydrogen) atoms. The van der Waals surface area contributed by atoms with Gasteiger partial charge >= 0.3 is 5.97 Å². The molecular formula is C23H22N2O4. The number of benzene rings is 2. The highest BCUT2D eigenvalue weighted by atomic mass is 16.4. The number of hydrogen-bond donors (Lipinski definition) is 1. The number of carbonyl (C=O) groups is 3. The SMILES string of the molecule is O=C(O)c1ccc2c(c1)CN(C(=O)C1CC(=O)N(c3ccc4c(c3)CCC4)C1)C2. The highest BCUT2D eigenvalue weighted by molar-refractivity contribution is 6.00. The van der Waals surface area contributed by atoms with Crippen LogP contribution in [0.3, 0.4) is 0 Å². The van der Waals surface area contributed by atoms with Crippen molar-refractivity contribution in [2.24, 2.45) is 5.92 Å². The first kappa shape index (κ1) is 17.9. The van der Waals surface area contributed by atoms with E-state index < -0.39 is 5.97 Å². The first-order chi connectivity index (χ1) is 14.0. The molecule has 0 aromatic heterocycles. The number of fused-ring (bicyclic) bond motifs is 2. The van der Waals surface area contributed by atoms with Crippen LogP contribution in [0.25, 0.3) is 0 Å². The van der Waals surface area contributed by atoms with Crippen LogP contribution in [0.5, 0.6) is 0 Å². The van der Waals surface area contributed by atoms with Gasteiger partial charge < -0.3 is 14.9 Å². The Morgan fingerprint density at radius 1 is 0.931 bits per heavy atom. The number of nitrogens with zero attached hydrogens (tertiary/aromatic N) is 2. The van der Waals surface area contributed by atoms with Gasteiger partial charge in [0.05, 0.1) is 11.5 Å². The Kier molecular flexibility index (Phi) is 4.15. The summed E-state index contributed by atoms with van der Waals surface area (Å²) < 4.78 is 0. The van der Waals surface area contributed by atoms with Crippen LogP contribution in [0.2, 0.25) is 0 Å². The lowest BCUT2D eigenvalue weighted by Gasteiger charge is -2.21. The maximum Gasteiger partial charge on any atom is 0.335 e. The maximum absolute atomic E-state index is 13.1. The molecule has 2 aliphatic heterocycles. The lowest BCUT2D eigenvalue weighted by atomic mass is 10.1. The number of aromatic carboxylic acids is 1. The molecule has 2 amide bonds. The van der Waals surface area contributed by atoms with Gasteiger partial charge in [-0.05, 0) is 65.8 Å². The van der Waals surface area contributed by atoms with Crippen molar-refractivity contribution < 1.29 is 19.5 Å². The molecule has 1 N–H and O–H groups in total. The summed E-state index contributed by atoms with van der Waals surface area (Å²) in [6.07, 6.45) is 3.54. The summed E-state index contributed by atoms with van der Waals surface area (Å²) in [6.45, 7) is 1.28. The van der Waals surface area contributed by atoms with E-state index in [-0.39, 0.29) is 29.7 Å². The zero-order valence-electron chi connectivity index (χ0n) is 16.1. The fourth-order valence-electron chi connectivity index (χ4n) is 4.79. The van der Waals surface area contributed by atoms with Crippen LogP contribution in [0, 0.1) is 5.92 Å². The molecule has 2 aromatic carbocycles. The number of carboxylic acids is 1. The largest absolute Gasteiger partial charge is 0.478 e. The third-order valence-electron chi connectivity index (χ3n) is 6.36. The number of rotatable bonds is 3. The smallest absolute Gasteiger partial charge is 0.335 e. The summed E-state index contributed by atoms with van der Waals surface area (Å²) in [7, 11) is 0. The predicted molar refractivity (Wildman–Crippen MR) is 107 cm³/mol. The standard InChI is InChI=1S/C23H22N2O4/c26-21-10-19(13-25(21)20-7-6-14-2-1-3-15(14)9-20)22(27)24-11-17-5-4-16(23(28)29)8-18(17)12-24/h4-9,19H,1-3,10-13H2,(H,28,29). The molecule has 6 heteroatoms. The van der Waals surface area contributed by atoms with Gasteiger partial charge in [-0.1, -0.05) is 12.1 Å². The molecule has 1 fully saturated rings. The van der Waals surface area contributed by atoms with Crippen LogP contribution in [0.15, 0.2) is 36.4 Å². The summed E-state index contributed by atoms with van der Waals surface area (Å²) in [5, 5.41) is 9.17. The summed E-state index contributed by atoms with van der Waals surface area (Å²) in [5.74, 6) is -1.37. The monoisotopic (exact) mass is 390 g/mol. The molecule has 148 valence electrons. The zero-order chi connectivity index (χ0) is 20.1. The fourth-order valence-corrected chi connectivity index (χ4v) is 4.79. The van der Waals surface area contributed by atoms with Crippen LogP contribution >= 0.6 is 0 Å². The van der Waals surface area contributed by atoms with Crippen molar-refractivity contribution in [3.8, 4) is 0 Å². The Hall–Kier alpha value is -3.15. The van der Waals surface area contributed by atoms with E-state index in [1.165, 1.54) is 11.1 Å². The third-order valence-corrected chi connectivity index (χ3v) is 6.36. The minimum Gasteiger partial charge on any atom is -0.478 e. The highest BCUT2D eigenvalue weighted by Crippen LogP contribution is 2.33. The molecule has 1 atom stereocenters. The topological polar surface area (TPSA) is 77.9 Å². The first-order valence-electron chi connectivity index (χ1n) is 10.1. The van der Waals surface area contributed by atoms with Crippen LogP contribution < -0.4 is 4.90 Å². The number of carbonyl (C=O) groups excluding carboxylic acids is 2. The van der Waals surface area contributed by atoms with Crippen LogP contribution in [-0.2, 0) is 35.5 Å². The van der Waals surface area contributed by atoms with Gasteiger partial charge in [0.2, 0.25) is 11.8 Å². The first-order valence-corrected chi connectivity index (χ1v) is 10.1. The van der Waals surface area contributed by atoms with E-state index in [4.69, 9.17) is 5.11 Å². The van der Waals surface area contributed by atoms with Gasteiger partial charge in [0.25, 0.3) is 0 Å². The van der Waals surface area contributed by atoms with Crippen molar-refractivity contribution in [1.82, 2.24) is 4.90 Å². The Morgan fingerprint density at radius 2 is 1.69 bits per heavy atom. The maximum atomic E-state index is 13.1. The van der Waals surface area contributed by atoms with Crippen molar-refractivity contribution in [2.45, 2.75) is 38.8 Å². The number of amides is 2. The van der Waals surface area contributed by atoms with Gasteiger partial charge in [-0.15, -0.1) is 0 Å². The summed E-state index contributed by atoms with van der Waals surface area (Å²) >= 11 is 0. The molecule has 3 aliphatic rings. The van der Waals surface area contributed by atoms with E-state index in [0.29, 0.717) is 19.6 Å². The van der Waals surface area contributed by atoms with Gasteiger partial charge in [-0.25, -0.2) is 4.79 Å². The van der Waals surface area contributed by atoms with E-state index in [1.807, 2.05) is 6.07 Å². The lowest BCUT2D eigenvalue weighted by molar-refractivity contribution is -0.136. The highest BCUT2D eigenvalue weighted by Gasteiger charge is 2.38. The third kappa shape index (κ3) is 3.09. The van der Waals surface area contributed by atoms with Crippen LogP contribution in [-0.4, -0.2) is 34.3 Å². The normalized spacial score (nSPS) is 20.1. The molecule has 0 radical (unpaired) electrons. The molecule has 1 unspecified atom stereocenters. The van der Waals surface area contributed by atoms with Gasteiger partial charge in [-0.3, -0.25) is 9.59 Å². The molecule has 2 aromatic rings. The van der Waals surface area contributed by atoms with Crippen molar-refractivity contribution in [3.05, 3.63) is 64.2 Å². The van der Waals surface area contributed by atoms with Crippen molar-refractivity contribution in [1.29, 1.82) is 0 Å². The molecule has 2 heterocycles. The number of hydrogen-bond acceptors (Lipinski definition) is 3. The van der Waals surface area contributed by atoms with Gasteiger partial charge in [0.1, 0.15) is 0 Å². The summed E-state index contributed by atoms with van der Waals surface area (Å²) in [5.41, 5.74) is 5.65. The molecule has 6 nitrogen and oxygen atoms in total. The van der Waals surface area contributed by atoms with E-state index in [9.17, 15) is 14.4 Å². The molecule has 5 rings (SSSR count). The average molecular weight is 390 g/mol. The lowest BCUT2D eigenvalue weighted by Crippen LogP contribution is -2.34. The number of carboxylic acid groups (broad SMARTS) is 1. The number of anilines is 1. The second kappa shape index (κ2) is 6.72. The predicted octanol–water partition coefficient (Wildman–Crippen LogP) is 2.77. The Bertz CT molecular complexity index is 1050. The minimum atomic E-state index is -0.969. The van der Waals surface area contributed by atoms with Crippen molar-refractivity contribution in [2.75, 3.05) is 11.4 Å². The van der Waals surface area contributed by atoms with Crippen molar-refractivity contribution in [3.63, 3.8) is 0 Å². The molecule has 1 saturated heterocycles. The van der Waals surface area contributed by atoms with Crippen LogP contribution in [0.1, 0.15) is 45.5 Å². The minimum absolute atomic E-state index is 0.00817. The van der Waals surface area contributed by atoms with Gasteiger partial charge in [0, 0.05) is 31.7 Å². The molecular weight excluding hydrogens is 368 g/mol. The van der Waals surface area contributed by atoms with Crippen molar-refractivity contribution >= 4 is 23.5 Å². The second-order valence-electron chi connectivity index (χ2n) is 8.19. The fraction of sp³-hybridized carbons (Fsp3) is 0.348. The molecule has 0 bridgehead atoms.